The molecule has 0 unspecified atom stereocenters. The number of piperidine rings is 1. The van der Waals surface area contributed by atoms with Gasteiger partial charge in [0.1, 0.15) is 11.5 Å². The normalized spacial score (nSPS) is 16.5. The number of fused-ring (bicyclic) bond motifs is 1. The van der Waals surface area contributed by atoms with E-state index in [1.807, 2.05) is 0 Å². The Balaban J connectivity index is 1.49. The summed E-state index contributed by atoms with van der Waals surface area (Å²) >= 11 is 0. The molecular formula is C18H19FN4O2. The molecule has 130 valence electrons. The Morgan fingerprint density at radius 3 is 2.80 bits per heavy atom. The Kier molecular flexibility index (Phi) is 4.01. The Hall–Kier alpha value is -2.67. The number of likely N-dealkylation sites (tertiary alicyclic amines) is 1. The number of aromatic nitrogens is 3. The highest BCUT2D eigenvalue weighted by atomic mass is 19.1. The molecule has 2 aromatic heterocycles. The van der Waals surface area contributed by atoms with Gasteiger partial charge in [-0.3, -0.25) is 14.7 Å². The van der Waals surface area contributed by atoms with Gasteiger partial charge < -0.3 is 14.7 Å². The van der Waals surface area contributed by atoms with Crippen molar-refractivity contribution in [1.29, 1.82) is 0 Å². The molecule has 1 aromatic carbocycles. The average Bonchev–Trinajstić information content (AvgIpc) is 2.96. The lowest BCUT2D eigenvalue weighted by atomic mass is 10.0. The smallest absolute Gasteiger partial charge is 0.270 e. The summed E-state index contributed by atoms with van der Waals surface area (Å²) in [6.07, 6.45) is 6.45. The second-order valence-electron chi connectivity index (χ2n) is 6.43. The van der Waals surface area contributed by atoms with Gasteiger partial charge in [0, 0.05) is 55.0 Å². The predicted octanol–water partition coefficient (Wildman–Crippen LogP) is 2.41. The number of nitrogens with one attached hydrogen (secondary N) is 1. The molecular weight excluding hydrogens is 323 g/mol. The number of halogens is 1. The molecule has 0 radical (unpaired) electrons. The van der Waals surface area contributed by atoms with Crippen LogP contribution >= 0.6 is 0 Å². The second-order valence-corrected chi connectivity index (χ2v) is 6.43. The van der Waals surface area contributed by atoms with Crippen LogP contribution in [0.15, 0.2) is 41.6 Å². The summed E-state index contributed by atoms with van der Waals surface area (Å²) < 4.78 is 15.7. The van der Waals surface area contributed by atoms with E-state index in [-0.39, 0.29) is 23.3 Å². The zero-order valence-electron chi connectivity index (χ0n) is 13.7. The third kappa shape index (κ3) is 2.91. The Morgan fingerprint density at radius 2 is 2.08 bits per heavy atom. The van der Waals surface area contributed by atoms with Crippen LogP contribution in [-0.2, 0) is 6.54 Å². The Morgan fingerprint density at radius 1 is 1.28 bits per heavy atom. The van der Waals surface area contributed by atoms with Crippen LogP contribution in [0.5, 0.6) is 5.88 Å². The van der Waals surface area contributed by atoms with Gasteiger partial charge in [-0.25, -0.2) is 4.39 Å². The molecule has 0 atom stereocenters. The summed E-state index contributed by atoms with van der Waals surface area (Å²) in [5, 5.41) is 11.4. The first-order valence-electron chi connectivity index (χ1n) is 8.36. The van der Waals surface area contributed by atoms with E-state index in [4.69, 9.17) is 0 Å². The van der Waals surface area contributed by atoms with Crippen molar-refractivity contribution in [3.05, 3.63) is 58.7 Å². The maximum atomic E-state index is 13.9. The summed E-state index contributed by atoms with van der Waals surface area (Å²) in [4.78, 5) is 20.7. The van der Waals surface area contributed by atoms with E-state index in [0.717, 1.165) is 25.9 Å². The lowest BCUT2D eigenvalue weighted by Gasteiger charge is -2.32. The highest BCUT2D eigenvalue weighted by Gasteiger charge is 2.24. The molecule has 0 aliphatic carbocycles. The van der Waals surface area contributed by atoms with E-state index in [1.165, 1.54) is 12.3 Å². The molecule has 3 heterocycles. The fraction of sp³-hybridized carbons (Fsp3) is 0.333. The van der Waals surface area contributed by atoms with Crippen molar-refractivity contribution in [3.63, 3.8) is 0 Å². The SMILES string of the molecule is O=c1[nH]ccnc1CN1CCC(n2cc3c(F)cccc3c2O)CC1. The molecule has 1 aliphatic heterocycles. The molecule has 1 saturated heterocycles. The van der Waals surface area contributed by atoms with Crippen LogP contribution in [0.3, 0.4) is 0 Å². The number of aromatic amines is 1. The third-order valence-electron chi connectivity index (χ3n) is 4.91. The largest absolute Gasteiger partial charge is 0.494 e. The van der Waals surface area contributed by atoms with E-state index in [0.29, 0.717) is 23.0 Å². The lowest BCUT2D eigenvalue weighted by molar-refractivity contribution is 0.172. The van der Waals surface area contributed by atoms with Gasteiger partial charge in [-0.1, -0.05) is 6.07 Å². The van der Waals surface area contributed by atoms with Gasteiger partial charge in [-0.05, 0) is 25.0 Å². The minimum absolute atomic E-state index is 0.116. The van der Waals surface area contributed by atoms with Gasteiger partial charge in [0.05, 0.1) is 0 Å². The summed E-state index contributed by atoms with van der Waals surface area (Å²) in [5.41, 5.74) is 0.354. The van der Waals surface area contributed by atoms with Crippen LogP contribution in [0.4, 0.5) is 4.39 Å². The van der Waals surface area contributed by atoms with Crippen molar-refractivity contribution in [3.8, 4) is 5.88 Å². The highest BCUT2D eigenvalue weighted by Crippen LogP contribution is 2.35. The first-order valence-corrected chi connectivity index (χ1v) is 8.36. The molecule has 6 nitrogen and oxygen atoms in total. The van der Waals surface area contributed by atoms with Crippen molar-refractivity contribution in [2.75, 3.05) is 13.1 Å². The van der Waals surface area contributed by atoms with Gasteiger partial charge in [0.25, 0.3) is 5.56 Å². The highest BCUT2D eigenvalue weighted by molar-refractivity contribution is 5.88. The minimum Gasteiger partial charge on any atom is -0.494 e. The Labute approximate surface area is 143 Å². The standard InChI is InChI=1S/C18H19FN4O2/c19-15-3-1-2-13-14(15)10-23(18(13)25)12-4-8-22(9-5-12)11-16-17(24)21-7-6-20-16/h1-3,6-7,10,12,25H,4-5,8-9,11H2,(H,21,24). The van der Waals surface area contributed by atoms with E-state index < -0.39 is 0 Å². The van der Waals surface area contributed by atoms with Crippen molar-refractivity contribution in [1.82, 2.24) is 19.4 Å². The van der Waals surface area contributed by atoms with E-state index in [9.17, 15) is 14.3 Å². The summed E-state index contributed by atoms with van der Waals surface area (Å²) in [7, 11) is 0. The quantitative estimate of drug-likeness (QED) is 0.767. The van der Waals surface area contributed by atoms with Crippen molar-refractivity contribution in [2.24, 2.45) is 0 Å². The van der Waals surface area contributed by atoms with Crippen molar-refractivity contribution in [2.45, 2.75) is 25.4 Å². The average molecular weight is 342 g/mol. The summed E-state index contributed by atoms with van der Waals surface area (Å²) in [6, 6.07) is 4.85. The maximum absolute atomic E-state index is 13.9. The lowest BCUT2D eigenvalue weighted by Crippen LogP contribution is -2.35. The maximum Gasteiger partial charge on any atom is 0.270 e. The third-order valence-corrected chi connectivity index (χ3v) is 4.91. The molecule has 4 rings (SSSR count). The molecule has 1 aliphatic rings. The first kappa shape index (κ1) is 15.8. The molecule has 25 heavy (non-hydrogen) atoms. The number of hydrogen-bond acceptors (Lipinski definition) is 4. The molecule has 0 spiro atoms. The van der Waals surface area contributed by atoms with Crippen molar-refractivity contribution >= 4 is 10.8 Å². The zero-order chi connectivity index (χ0) is 17.4. The van der Waals surface area contributed by atoms with E-state index >= 15 is 0 Å². The number of nitrogens with zero attached hydrogens (tertiary/aromatic N) is 3. The molecule has 0 bridgehead atoms. The number of aromatic hydroxyl groups is 1. The van der Waals surface area contributed by atoms with Crippen LogP contribution in [0.2, 0.25) is 0 Å². The van der Waals surface area contributed by atoms with Crippen LogP contribution < -0.4 is 5.56 Å². The second kappa shape index (κ2) is 6.33. The van der Waals surface area contributed by atoms with Crippen LogP contribution in [-0.4, -0.2) is 37.6 Å². The molecule has 0 saturated carbocycles. The molecule has 1 fully saturated rings. The molecule has 2 N–H and O–H groups in total. The molecule has 3 aromatic rings. The summed E-state index contributed by atoms with van der Waals surface area (Å²) in [6.45, 7) is 2.09. The van der Waals surface area contributed by atoms with Gasteiger partial charge in [-0.2, -0.15) is 0 Å². The van der Waals surface area contributed by atoms with Gasteiger partial charge in [0.2, 0.25) is 0 Å². The van der Waals surface area contributed by atoms with Gasteiger partial charge in [0.15, 0.2) is 5.88 Å². The predicted molar refractivity (Wildman–Crippen MR) is 92.0 cm³/mol. The first-order chi connectivity index (χ1) is 12.1. The minimum atomic E-state index is -0.321. The van der Waals surface area contributed by atoms with E-state index in [2.05, 4.69) is 14.9 Å². The number of H-pyrrole nitrogens is 1. The molecule has 7 heteroatoms. The summed E-state index contributed by atoms with van der Waals surface area (Å²) in [5.74, 6) is -0.201. The van der Waals surface area contributed by atoms with Crippen LogP contribution in [0.25, 0.3) is 10.8 Å². The monoisotopic (exact) mass is 342 g/mol. The number of hydrogen-bond donors (Lipinski definition) is 2. The van der Waals surface area contributed by atoms with E-state index in [1.54, 1.807) is 29.1 Å². The van der Waals surface area contributed by atoms with Gasteiger partial charge >= 0.3 is 0 Å². The van der Waals surface area contributed by atoms with Crippen molar-refractivity contribution < 1.29 is 9.50 Å². The zero-order valence-corrected chi connectivity index (χ0v) is 13.7. The topological polar surface area (TPSA) is 74.2 Å². The van der Waals surface area contributed by atoms with Gasteiger partial charge in [-0.15, -0.1) is 0 Å². The molecule has 0 amide bonds. The van der Waals surface area contributed by atoms with Crippen LogP contribution in [0.1, 0.15) is 24.6 Å². The fourth-order valence-corrected chi connectivity index (χ4v) is 3.54. The van der Waals surface area contributed by atoms with Crippen LogP contribution in [0, 0.1) is 5.82 Å². The fourth-order valence-electron chi connectivity index (χ4n) is 3.54. The number of benzene rings is 1. The Bertz CT molecular complexity index is 957. The number of rotatable bonds is 3.